The van der Waals surface area contributed by atoms with Crippen LogP contribution in [0.2, 0.25) is 0 Å². The van der Waals surface area contributed by atoms with Crippen molar-refractivity contribution in [2.75, 3.05) is 18.0 Å². The third-order valence-corrected chi connectivity index (χ3v) is 5.83. The molecule has 0 radical (unpaired) electrons. The Hall–Kier alpha value is -1.72. The molecule has 0 spiro atoms. The zero-order valence-electron chi connectivity index (χ0n) is 14.1. The van der Waals surface area contributed by atoms with E-state index in [-0.39, 0.29) is 11.4 Å². The minimum Gasteiger partial charge on any atom is -0.311 e. The van der Waals surface area contributed by atoms with Crippen molar-refractivity contribution >= 4 is 22.9 Å². The molecule has 1 amide bonds. The Labute approximate surface area is 141 Å². The second kappa shape index (κ2) is 6.06. The fourth-order valence-corrected chi connectivity index (χ4v) is 3.80. The van der Waals surface area contributed by atoms with E-state index in [1.807, 2.05) is 30.0 Å². The SMILES string of the molecule is Cc1nc(C(C)(C)NCC(=O)N2CCc3ccccc32)sc1C. The lowest BCUT2D eigenvalue weighted by atomic mass is 10.1. The van der Waals surface area contributed by atoms with Gasteiger partial charge < -0.3 is 4.90 Å². The van der Waals surface area contributed by atoms with Gasteiger partial charge in [0.15, 0.2) is 0 Å². The molecular weight excluding hydrogens is 306 g/mol. The smallest absolute Gasteiger partial charge is 0.240 e. The van der Waals surface area contributed by atoms with Gasteiger partial charge in [-0.3, -0.25) is 10.1 Å². The number of amides is 1. The summed E-state index contributed by atoms with van der Waals surface area (Å²) in [7, 11) is 0. The molecule has 0 fully saturated rings. The second-order valence-corrected chi connectivity index (χ2v) is 7.77. The van der Waals surface area contributed by atoms with Crippen molar-refractivity contribution < 1.29 is 4.79 Å². The molecule has 122 valence electrons. The molecule has 2 heterocycles. The molecule has 1 aromatic heterocycles. The van der Waals surface area contributed by atoms with Crippen LogP contribution in [-0.4, -0.2) is 24.0 Å². The molecule has 0 unspecified atom stereocenters. The maximum absolute atomic E-state index is 12.6. The number of hydrogen-bond donors (Lipinski definition) is 1. The minimum atomic E-state index is -0.307. The van der Waals surface area contributed by atoms with Crippen molar-refractivity contribution in [2.24, 2.45) is 0 Å². The van der Waals surface area contributed by atoms with E-state index in [2.05, 4.69) is 37.1 Å². The van der Waals surface area contributed by atoms with Crippen LogP contribution in [0.25, 0.3) is 0 Å². The fourth-order valence-electron chi connectivity index (χ4n) is 2.80. The number of aryl methyl sites for hydroxylation is 2. The molecule has 1 aliphatic rings. The van der Waals surface area contributed by atoms with Crippen molar-refractivity contribution in [3.8, 4) is 0 Å². The monoisotopic (exact) mass is 329 g/mol. The summed E-state index contributed by atoms with van der Waals surface area (Å²) < 4.78 is 0. The van der Waals surface area contributed by atoms with Crippen LogP contribution in [-0.2, 0) is 16.8 Å². The molecule has 0 bridgehead atoms. The van der Waals surface area contributed by atoms with Crippen LogP contribution in [0.5, 0.6) is 0 Å². The molecule has 5 heteroatoms. The average molecular weight is 329 g/mol. The Morgan fingerprint density at radius 1 is 1.35 bits per heavy atom. The molecule has 0 atom stereocenters. The van der Waals surface area contributed by atoms with E-state index < -0.39 is 0 Å². The number of aromatic nitrogens is 1. The maximum Gasteiger partial charge on any atom is 0.240 e. The van der Waals surface area contributed by atoms with Gasteiger partial charge in [0, 0.05) is 17.1 Å². The summed E-state index contributed by atoms with van der Waals surface area (Å²) in [6, 6.07) is 8.14. The summed E-state index contributed by atoms with van der Waals surface area (Å²) in [6.45, 7) is 9.36. The van der Waals surface area contributed by atoms with Crippen molar-refractivity contribution in [1.29, 1.82) is 0 Å². The molecule has 23 heavy (non-hydrogen) atoms. The highest BCUT2D eigenvalue weighted by molar-refractivity contribution is 7.11. The Morgan fingerprint density at radius 3 is 2.78 bits per heavy atom. The summed E-state index contributed by atoms with van der Waals surface area (Å²) in [5.41, 5.74) is 3.07. The van der Waals surface area contributed by atoms with Gasteiger partial charge in [0.05, 0.1) is 17.8 Å². The van der Waals surface area contributed by atoms with Crippen LogP contribution in [0.3, 0.4) is 0 Å². The predicted octanol–water partition coefficient (Wildman–Crippen LogP) is 3.17. The van der Waals surface area contributed by atoms with Gasteiger partial charge in [-0.25, -0.2) is 4.98 Å². The van der Waals surface area contributed by atoms with Crippen LogP contribution in [0.15, 0.2) is 24.3 Å². The number of para-hydroxylation sites is 1. The largest absolute Gasteiger partial charge is 0.311 e. The molecule has 0 saturated heterocycles. The summed E-state index contributed by atoms with van der Waals surface area (Å²) in [5.74, 6) is 0.119. The molecule has 4 nitrogen and oxygen atoms in total. The zero-order valence-corrected chi connectivity index (χ0v) is 15.0. The molecule has 0 saturated carbocycles. The zero-order chi connectivity index (χ0) is 16.6. The first kappa shape index (κ1) is 16.1. The molecule has 1 aliphatic heterocycles. The topological polar surface area (TPSA) is 45.2 Å². The van der Waals surface area contributed by atoms with Crippen LogP contribution in [0, 0.1) is 13.8 Å². The molecule has 1 aromatic carbocycles. The van der Waals surface area contributed by atoms with Gasteiger partial charge in [-0.05, 0) is 45.7 Å². The molecule has 0 aliphatic carbocycles. The number of nitrogens with zero attached hydrogens (tertiary/aromatic N) is 2. The Balaban J connectivity index is 1.67. The summed E-state index contributed by atoms with van der Waals surface area (Å²) in [6.07, 6.45) is 0.941. The first-order valence-corrected chi connectivity index (χ1v) is 8.78. The Morgan fingerprint density at radius 2 is 2.09 bits per heavy atom. The van der Waals surface area contributed by atoms with Gasteiger partial charge in [0.1, 0.15) is 5.01 Å². The molecule has 3 rings (SSSR count). The van der Waals surface area contributed by atoms with E-state index in [0.29, 0.717) is 6.54 Å². The predicted molar refractivity (Wildman–Crippen MR) is 95.1 cm³/mol. The van der Waals surface area contributed by atoms with Crippen LogP contribution in [0.1, 0.15) is 35.0 Å². The number of nitrogens with one attached hydrogen (secondary N) is 1. The third kappa shape index (κ3) is 3.16. The van der Waals surface area contributed by atoms with Gasteiger partial charge in [0.2, 0.25) is 5.91 Å². The number of rotatable bonds is 4. The average Bonchev–Trinajstić information content (AvgIpc) is 3.09. The first-order chi connectivity index (χ1) is 10.9. The van der Waals surface area contributed by atoms with Crippen LogP contribution in [0.4, 0.5) is 5.69 Å². The maximum atomic E-state index is 12.6. The third-order valence-electron chi connectivity index (χ3n) is 4.43. The minimum absolute atomic E-state index is 0.119. The van der Waals surface area contributed by atoms with Crippen molar-refractivity contribution in [2.45, 2.75) is 39.7 Å². The van der Waals surface area contributed by atoms with Gasteiger partial charge in [-0.2, -0.15) is 0 Å². The van der Waals surface area contributed by atoms with E-state index in [0.717, 1.165) is 29.4 Å². The van der Waals surface area contributed by atoms with Gasteiger partial charge in [-0.1, -0.05) is 18.2 Å². The Bertz CT molecular complexity index is 716. The van der Waals surface area contributed by atoms with E-state index in [1.165, 1.54) is 10.4 Å². The van der Waals surface area contributed by atoms with Gasteiger partial charge >= 0.3 is 0 Å². The molecule has 1 N–H and O–H groups in total. The van der Waals surface area contributed by atoms with Crippen molar-refractivity contribution in [3.63, 3.8) is 0 Å². The van der Waals surface area contributed by atoms with Gasteiger partial charge in [-0.15, -0.1) is 11.3 Å². The van der Waals surface area contributed by atoms with E-state index >= 15 is 0 Å². The van der Waals surface area contributed by atoms with E-state index in [9.17, 15) is 4.79 Å². The summed E-state index contributed by atoms with van der Waals surface area (Å²) >= 11 is 1.70. The molecule has 2 aromatic rings. The lowest BCUT2D eigenvalue weighted by molar-refractivity contribution is -0.118. The normalized spacial score (nSPS) is 14.2. The summed E-state index contributed by atoms with van der Waals surface area (Å²) in [5, 5.41) is 4.41. The van der Waals surface area contributed by atoms with Crippen molar-refractivity contribution in [3.05, 3.63) is 45.4 Å². The quantitative estimate of drug-likeness (QED) is 0.937. The highest BCUT2D eigenvalue weighted by Crippen LogP contribution is 2.29. The van der Waals surface area contributed by atoms with Crippen molar-refractivity contribution in [1.82, 2.24) is 10.3 Å². The van der Waals surface area contributed by atoms with E-state index in [1.54, 1.807) is 11.3 Å². The fraction of sp³-hybridized carbons (Fsp3) is 0.444. The number of fused-ring (bicyclic) bond motifs is 1. The second-order valence-electron chi connectivity index (χ2n) is 6.56. The van der Waals surface area contributed by atoms with Gasteiger partial charge in [0.25, 0.3) is 0 Å². The number of hydrogen-bond acceptors (Lipinski definition) is 4. The Kier molecular flexibility index (Phi) is 4.25. The lowest BCUT2D eigenvalue weighted by Gasteiger charge is -2.25. The highest BCUT2D eigenvalue weighted by Gasteiger charge is 2.28. The number of carbonyl (C=O) groups excluding carboxylic acids is 1. The molecular formula is C18H23N3OS. The number of thiazole rings is 1. The van der Waals surface area contributed by atoms with Crippen LogP contribution >= 0.6 is 11.3 Å². The first-order valence-electron chi connectivity index (χ1n) is 7.96. The highest BCUT2D eigenvalue weighted by atomic mass is 32.1. The standard InChI is InChI=1S/C18H23N3OS/c1-12-13(2)23-17(20-12)18(3,4)19-11-16(22)21-10-9-14-7-5-6-8-15(14)21/h5-8,19H,9-11H2,1-4H3. The number of carbonyl (C=O) groups is 1. The number of benzene rings is 1. The lowest BCUT2D eigenvalue weighted by Crippen LogP contribution is -2.44. The van der Waals surface area contributed by atoms with Crippen LogP contribution < -0.4 is 10.2 Å². The number of anilines is 1. The van der Waals surface area contributed by atoms with E-state index in [4.69, 9.17) is 0 Å². The summed E-state index contributed by atoms with van der Waals surface area (Å²) in [4.78, 5) is 20.3.